The highest BCUT2D eigenvalue weighted by atomic mass is 32.2. The molecule has 20 heavy (non-hydrogen) atoms. The molecular formula is C12H14FNO5S. The van der Waals surface area contributed by atoms with Gasteiger partial charge >= 0.3 is 5.97 Å². The van der Waals surface area contributed by atoms with Crippen molar-refractivity contribution in [3.8, 4) is 0 Å². The summed E-state index contributed by atoms with van der Waals surface area (Å²) in [6.45, 7) is 2.18. The Labute approximate surface area is 115 Å². The van der Waals surface area contributed by atoms with E-state index in [1.54, 1.807) is 0 Å². The lowest BCUT2D eigenvalue weighted by atomic mass is 10.1. The number of halogens is 1. The molecule has 0 aliphatic carbocycles. The average molecular weight is 303 g/mol. The lowest BCUT2D eigenvalue weighted by molar-refractivity contribution is 0.0695. The van der Waals surface area contributed by atoms with E-state index in [9.17, 15) is 17.6 Å². The minimum Gasteiger partial charge on any atom is -0.478 e. The Morgan fingerprint density at radius 1 is 1.35 bits per heavy atom. The normalized spacial score (nSPS) is 17.1. The number of morpholine rings is 1. The van der Waals surface area contributed by atoms with Crippen molar-refractivity contribution >= 4 is 16.0 Å². The maximum atomic E-state index is 13.7. The van der Waals surface area contributed by atoms with E-state index in [4.69, 9.17) is 9.84 Å². The van der Waals surface area contributed by atoms with Crippen LogP contribution in [0.15, 0.2) is 17.0 Å². The number of carboxylic acids is 1. The molecule has 0 unspecified atom stereocenters. The van der Waals surface area contributed by atoms with E-state index in [1.165, 1.54) is 11.2 Å². The van der Waals surface area contributed by atoms with Crippen molar-refractivity contribution in [1.82, 2.24) is 4.31 Å². The maximum absolute atomic E-state index is 13.7. The SMILES string of the molecule is Cc1c(F)cc(C(=O)O)cc1S(=O)(=O)N1CCOCC1. The molecule has 0 aromatic heterocycles. The topological polar surface area (TPSA) is 83.9 Å². The van der Waals surface area contributed by atoms with Crippen LogP contribution in [0.25, 0.3) is 0 Å². The van der Waals surface area contributed by atoms with Crippen molar-refractivity contribution in [2.24, 2.45) is 0 Å². The predicted molar refractivity (Wildman–Crippen MR) is 67.7 cm³/mol. The molecule has 0 radical (unpaired) electrons. The van der Waals surface area contributed by atoms with Gasteiger partial charge in [0.1, 0.15) is 5.82 Å². The smallest absolute Gasteiger partial charge is 0.335 e. The Kier molecular flexibility index (Phi) is 4.07. The van der Waals surface area contributed by atoms with Gasteiger partial charge < -0.3 is 9.84 Å². The van der Waals surface area contributed by atoms with Crippen LogP contribution in [0.1, 0.15) is 15.9 Å². The third-order valence-corrected chi connectivity index (χ3v) is 5.16. The minimum atomic E-state index is -3.92. The summed E-state index contributed by atoms with van der Waals surface area (Å²) in [5, 5.41) is 8.91. The molecule has 0 saturated carbocycles. The van der Waals surface area contributed by atoms with Gasteiger partial charge in [-0.25, -0.2) is 17.6 Å². The number of carboxylic acid groups (broad SMARTS) is 1. The maximum Gasteiger partial charge on any atom is 0.335 e. The van der Waals surface area contributed by atoms with Crippen LogP contribution in [0.5, 0.6) is 0 Å². The Balaban J connectivity index is 2.52. The summed E-state index contributed by atoms with van der Waals surface area (Å²) in [4.78, 5) is 10.6. The molecule has 1 aromatic rings. The summed E-state index contributed by atoms with van der Waals surface area (Å²) < 4.78 is 44.9. The number of ether oxygens (including phenoxy) is 1. The van der Waals surface area contributed by atoms with E-state index < -0.39 is 21.8 Å². The summed E-state index contributed by atoms with van der Waals surface area (Å²) in [7, 11) is -3.92. The molecule has 0 atom stereocenters. The van der Waals surface area contributed by atoms with Gasteiger partial charge in [0.15, 0.2) is 0 Å². The third-order valence-electron chi connectivity index (χ3n) is 3.13. The number of benzene rings is 1. The number of carbonyl (C=O) groups is 1. The largest absolute Gasteiger partial charge is 0.478 e. The van der Waals surface area contributed by atoms with E-state index in [0.717, 1.165) is 12.1 Å². The molecule has 1 saturated heterocycles. The van der Waals surface area contributed by atoms with Crippen LogP contribution < -0.4 is 0 Å². The molecule has 0 bridgehead atoms. The van der Waals surface area contributed by atoms with Gasteiger partial charge in [0, 0.05) is 18.7 Å². The zero-order valence-electron chi connectivity index (χ0n) is 10.8. The first-order valence-electron chi connectivity index (χ1n) is 5.95. The Hall–Kier alpha value is -1.51. The molecule has 0 amide bonds. The van der Waals surface area contributed by atoms with Gasteiger partial charge in [0.05, 0.1) is 23.7 Å². The fourth-order valence-corrected chi connectivity index (χ4v) is 3.64. The van der Waals surface area contributed by atoms with Crippen LogP contribution in [-0.4, -0.2) is 50.1 Å². The van der Waals surface area contributed by atoms with Crippen molar-refractivity contribution in [2.45, 2.75) is 11.8 Å². The molecule has 6 nitrogen and oxygen atoms in total. The first-order chi connectivity index (χ1) is 9.34. The minimum absolute atomic E-state index is 0.0820. The van der Waals surface area contributed by atoms with Crippen LogP contribution in [0.4, 0.5) is 4.39 Å². The molecule has 1 aliphatic heterocycles. The van der Waals surface area contributed by atoms with Gasteiger partial charge in [-0.05, 0) is 19.1 Å². The van der Waals surface area contributed by atoms with Crippen LogP contribution in [-0.2, 0) is 14.8 Å². The van der Waals surface area contributed by atoms with Crippen LogP contribution in [0.3, 0.4) is 0 Å². The monoisotopic (exact) mass is 303 g/mol. The lowest BCUT2D eigenvalue weighted by Gasteiger charge is -2.26. The van der Waals surface area contributed by atoms with E-state index in [-0.39, 0.29) is 42.3 Å². The van der Waals surface area contributed by atoms with Gasteiger partial charge in [-0.15, -0.1) is 0 Å². The molecule has 1 fully saturated rings. The van der Waals surface area contributed by atoms with Crippen molar-refractivity contribution in [3.05, 3.63) is 29.1 Å². The Morgan fingerprint density at radius 2 is 1.95 bits per heavy atom. The first-order valence-corrected chi connectivity index (χ1v) is 7.39. The second-order valence-electron chi connectivity index (χ2n) is 4.40. The number of hydrogen-bond donors (Lipinski definition) is 1. The predicted octanol–water partition coefficient (Wildman–Crippen LogP) is 0.853. The first kappa shape index (κ1) is 14.9. The summed E-state index contributed by atoms with van der Waals surface area (Å²) in [5.41, 5.74) is -0.471. The summed E-state index contributed by atoms with van der Waals surface area (Å²) in [5.74, 6) is -2.22. The molecule has 2 rings (SSSR count). The Morgan fingerprint density at radius 3 is 2.50 bits per heavy atom. The molecule has 110 valence electrons. The number of sulfonamides is 1. The fourth-order valence-electron chi connectivity index (χ4n) is 1.97. The highest BCUT2D eigenvalue weighted by molar-refractivity contribution is 7.89. The van der Waals surface area contributed by atoms with Crippen molar-refractivity contribution in [3.63, 3.8) is 0 Å². The van der Waals surface area contributed by atoms with Crippen molar-refractivity contribution in [1.29, 1.82) is 0 Å². The molecule has 8 heteroatoms. The zero-order valence-corrected chi connectivity index (χ0v) is 11.6. The van der Waals surface area contributed by atoms with E-state index in [1.807, 2.05) is 0 Å². The average Bonchev–Trinajstić information content (AvgIpc) is 2.42. The molecular weight excluding hydrogens is 289 g/mol. The van der Waals surface area contributed by atoms with E-state index in [2.05, 4.69) is 0 Å². The summed E-state index contributed by atoms with van der Waals surface area (Å²) in [6, 6.07) is 1.81. The van der Waals surface area contributed by atoms with E-state index >= 15 is 0 Å². The quantitative estimate of drug-likeness (QED) is 0.895. The van der Waals surface area contributed by atoms with Gasteiger partial charge in [0.2, 0.25) is 10.0 Å². The lowest BCUT2D eigenvalue weighted by Crippen LogP contribution is -2.41. The second-order valence-corrected chi connectivity index (χ2v) is 6.31. The van der Waals surface area contributed by atoms with Gasteiger partial charge in [-0.2, -0.15) is 4.31 Å². The highest BCUT2D eigenvalue weighted by Gasteiger charge is 2.29. The molecule has 1 heterocycles. The van der Waals surface area contributed by atoms with Crippen LogP contribution in [0, 0.1) is 12.7 Å². The van der Waals surface area contributed by atoms with Crippen LogP contribution >= 0.6 is 0 Å². The number of aromatic carboxylic acids is 1. The van der Waals surface area contributed by atoms with E-state index in [0.29, 0.717) is 0 Å². The van der Waals surface area contributed by atoms with Gasteiger partial charge in [-0.1, -0.05) is 0 Å². The number of rotatable bonds is 3. The molecule has 0 spiro atoms. The van der Waals surface area contributed by atoms with Gasteiger partial charge in [0.25, 0.3) is 0 Å². The summed E-state index contributed by atoms with van der Waals surface area (Å²) >= 11 is 0. The number of hydrogen-bond acceptors (Lipinski definition) is 4. The van der Waals surface area contributed by atoms with Crippen molar-refractivity contribution < 1.29 is 27.4 Å². The fraction of sp³-hybridized carbons (Fsp3) is 0.417. The molecule has 1 N–H and O–H groups in total. The second kappa shape index (κ2) is 5.47. The zero-order chi connectivity index (χ0) is 14.9. The van der Waals surface area contributed by atoms with Gasteiger partial charge in [-0.3, -0.25) is 0 Å². The standard InChI is InChI=1S/C12H14FNO5S/c1-8-10(13)6-9(12(15)16)7-11(8)20(17,18)14-2-4-19-5-3-14/h6-7H,2-5H2,1H3,(H,15,16). The van der Waals surface area contributed by atoms with Crippen LogP contribution in [0.2, 0.25) is 0 Å². The molecule has 1 aromatic carbocycles. The number of nitrogens with zero attached hydrogens (tertiary/aromatic N) is 1. The summed E-state index contributed by atoms with van der Waals surface area (Å²) in [6.07, 6.45) is 0. The molecule has 1 aliphatic rings. The van der Waals surface area contributed by atoms with Crippen molar-refractivity contribution in [2.75, 3.05) is 26.3 Å². The third kappa shape index (κ3) is 2.67. The highest BCUT2D eigenvalue weighted by Crippen LogP contribution is 2.24. The Bertz CT molecular complexity index is 637.